The summed E-state index contributed by atoms with van der Waals surface area (Å²) in [5.74, 6) is -1.01. The molecule has 1 aliphatic rings. The first-order chi connectivity index (χ1) is 18.2. The molecule has 0 saturated carbocycles. The number of carbonyl (C=O) groups is 1. The monoisotopic (exact) mass is 507 g/mol. The van der Waals surface area contributed by atoms with Crippen LogP contribution in [0.2, 0.25) is 0 Å². The highest BCUT2D eigenvalue weighted by Gasteiger charge is 2.52. The van der Waals surface area contributed by atoms with Gasteiger partial charge in [0.25, 0.3) is 0 Å². The third-order valence-corrected chi connectivity index (χ3v) is 7.32. The van der Waals surface area contributed by atoms with Crippen LogP contribution in [0.4, 0.5) is 0 Å². The highest BCUT2D eigenvalue weighted by molar-refractivity contribution is 6.64. The van der Waals surface area contributed by atoms with E-state index in [1.807, 2.05) is 100 Å². The van der Waals surface area contributed by atoms with Crippen LogP contribution in [0, 0.1) is 0 Å². The molecule has 1 atom stereocenters. The van der Waals surface area contributed by atoms with Gasteiger partial charge in [-0.1, -0.05) is 72.8 Å². The molecule has 0 radical (unpaired) electrons. The van der Waals surface area contributed by atoms with E-state index >= 15 is 0 Å². The van der Waals surface area contributed by atoms with Gasteiger partial charge in [0.1, 0.15) is 0 Å². The third-order valence-electron chi connectivity index (χ3n) is 7.32. The van der Waals surface area contributed by atoms with Gasteiger partial charge < -0.3 is 14.4 Å². The van der Waals surface area contributed by atoms with Crippen LogP contribution in [-0.2, 0) is 20.5 Å². The minimum Gasteiger partial charge on any atom is -0.480 e. The molecule has 4 aromatic rings. The summed E-state index contributed by atoms with van der Waals surface area (Å²) in [6.07, 6.45) is 3.38. The summed E-state index contributed by atoms with van der Waals surface area (Å²) < 4.78 is 12.5. The van der Waals surface area contributed by atoms with E-state index in [1.165, 1.54) is 0 Å². The van der Waals surface area contributed by atoms with E-state index in [2.05, 4.69) is 9.97 Å². The highest BCUT2D eigenvalue weighted by atomic mass is 16.7. The van der Waals surface area contributed by atoms with Gasteiger partial charge in [0.05, 0.1) is 27.9 Å². The Morgan fingerprint density at radius 2 is 1.37 bits per heavy atom. The molecule has 1 saturated heterocycles. The van der Waals surface area contributed by atoms with Crippen LogP contribution in [0.3, 0.4) is 0 Å². The molecule has 2 heterocycles. The molecule has 0 bridgehead atoms. The smallest absolute Gasteiger partial charge is 0.480 e. The summed E-state index contributed by atoms with van der Waals surface area (Å²) in [7, 11) is -0.607. The van der Waals surface area contributed by atoms with Crippen LogP contribution >= 0.6 is 0 Å². The van der Waals surface area contributed by atoms with Gasteiger partial charge in [-0.05, 0) is 33.3 Å². The summed E-state index contributed by atoms with van der Waals surface area (Å²) in [6, 6.07) is 22.0. The normalized spacial score (nSPS) is 16.8. The molecule has 1 fully saturated rings. The lowest BCUT2D eigenvalue weighted by atomic mass is 9.77. The predicted octanol–water partition coefficient (Wildman–Crippen LogP) is 4.46. The standard InChI is InChI=1S/C30H30BN3O4/c1-29(2)30(3,4)38-31(37-29)23-16-15-22(26-27(23)33-18-17-32-26)19-24(28(35)36)34-25(20-11-7-5-8-12-20)21-13-9-6-10-14-21/h5-18,24H,19H2,1-4H3,(H,35,36). The Hall–Kier alpha value is -3.88. The Bertz CT molecular complexity index is 1430. The van der Waals surface area contributed by atoms with Crippen LogP contribution in [0.25, 0.3) is 11.0 Å². The third kappa shape index (κ3) is 4.97. The van der Waals surface area contributed by atoms with Gasteiger partial charge in [0.2, 0.25) is 0 Å². The summed E-state index contributed by atoms with van der Waals surface area (Å²) in [5, 5.41) is 10.2. The summed E-state index contributed by atoms with van der Waals surface area (Å²) >= 11 is 0. The second-order valence-corrected chi connectivity index (χ2v) is 10.4. The van der Waals surface area contributed by atoms with E-state index in [1.54, 1.807) is 12.4 Å². The molecule has 38 heavy (non-hydrogen) atoms. The van der Waals surface area contributed by atoms with Crippen LogP contribution in [-0.4, -0.2) is 51.1 Å². The average molecular weight is 507 g/mol. The topological polar surface area (TPSA) is 93.9 Å². The second-order valence-electron chi connectivity index (χ2n) is 10.4. The number of carboxylic acids is 1. The molecule has 7 nitrogen and oxygen atoms in total. The lowest BCUT2D eigenvalue weighted by Crippen LogP contribution is -2.41. The Kier molecular flexibility index (Phi) is 6.86. The minimum absolute atomic E-state index is 0.150. The van der Waals surface area contributed by atoms with Crippen molar-refractivity contribution in [1.82, 2.24) is 9.97 Å². The van der Waals surface area contributed by atoms with E-state index in [0.717, 1.165) is 22.2 Å². The number of benzene rings is 3. The summed E-state index contributed by atoms with van der Waals surface area (Å²) in [4.78, 5) is 26.4. The predicted molar refractivity (Wildman–Crippen MR) is 149 cm³/mol. The number of aromatic nitrogens is 2. The van der Waals surface area contributed by atoms with Gasteiger partial charge in [-0.2, -0.15) is 0 Å². The highest BCUT2D eigenvalue weighted by Crippen LogP contribution is 2.37. The van der Waals surface area contributed by atoms with E-state index in [4.69, 9.17) is 14.3 Å². The molecule has 1 unspecified atom stereocenters. The van der Waals surface area contributed by atoms with Gasteiger partial charge in [-0.15, -0.1) is 0 Å². The van der Waals surface area contributed by atoms with Crippen molar-refractivity contribution in [3.05, 3.63) is 102 Å². The van der Waals surface area contributed by atoms with Gasteiger partial charge in [0, 0.05) is 35.4 Å². The number of aliphatic imine (C=N–C) groups is 1. The van der Waals surface area contributed by atoms with Crippen LogP contribution in [0.15, 0.2) is 90.2 Å². The fraction of sp³-hybridized carbons (Fsp3) is 0.267. The van der Waals surface area contributed by atoms with Crippen molar-refractivity contribution >= 4 is 35.3 Å². The molecule has 192 valence electrons. The Morgan fingerprint density at radius 1 is 0.842 bits per heavy atom. The number of hydrogen-bond acceptors (Lipinski definition) is 6. The number of carboxylic acid groups (broad SMARTS) is 1. The first-order valence-corrected chi connectivity index (χ1v) is 12.7. The minimum atomic E-state index is -1.03. The number of fused-ring (bicyclic) bond motifs is 1. The molecule has 8 heteroatoms. The molecule has 1 aliphatic heterocycles. The number of aliphatic carboxylic acids is 1. The van der Waals surface area contributed by atoms with Crippen molar-refractivity contribution in [2.75, 3.05) is 0 Å². The van der Waals surface area contributed by atoms with Gasteiger partial charge in [0.15, 0.2) is 6.04 Å². The van der Waals surface area contributed by atoms with Crippen LogP contribution in [0.1, 0.15) is 44.4 Å². The zero-order chi connectivity index (χ0) is 26.9. The number of nitrogens with zero attached hydrogens (tertiary/aromatic N) is 3. The van der Waals surface area contributed by atoms with Crippen molar-refractivity contribution in [3.8, 4) is 0 Å². The van der Waals surface area contributed by atoms with Crippen LogP contribution < -0.4 is 5.46 Å². The quantitative estimate of drug-likeness (QED) is 0.293. The summed E-state index contributed by atoms with van der Waals surface area (Å²) in [6.45, 7) is 8.01. The van der Waals surface area contributed by atoms with E-state index < -0.39 is 30.3 Å². The lowest BCUT2D eigenvalue weighted by molar-refractivity contribution is -0.138. The molecule has 1 aromatic heterocycles. The van der Waals surface area contributed by atoms with Gasteiger partial charge >= 0.3 is 13.1 Å². The molecule has 0 aliphatic carbocycles. The first-order valence-electron chi connectivity index (χ1n) is 12.7. The zero-order valence-electron chi connectivity index (χ0n) is 22.0. The molecule has 5 rings (SSSR count). The summed E-state index contributed by atoms with van der Waals surface area (Å²) in [5.41, 5.74) is 4.08. The molecule has 1 N–H and O–H groups in total. The first kappa shape index (κ1) is 25.8. The van der Waals surface area contributed by atoms with Crippen molar-refractivity contribution in [1.29, 1.82) is 0 Å². The van der Waals surface area contributed by atoms with Gasteiger partial charge in [-0.3, -0.25) is 15.0 Å². The molecule has 0 spiro atoms. The zero-order valence-corrected chi connectivity index (χ0v) is 22.0. The van der Waals surface area contributed by atoms with E-state index in [0.29, 0.717) is 16.7 Å². The van der Waals surface area contributed by atoms with Crippen molar-refractivity contribution in [3.63, 3.8) is 0 Å². The fourth-order valence-electron chi connectivity index (χ4n) is 4.52. The number of rotatable bonds is 7. The molecular weight excluding hydrogens is 477 g/mol. The van der Waals surface area contributed by atoms with Gasteiger partial charge in [-0.25, -0.2) is 4.79 Å². The number of hydrogen-bond donors (Lipinski definition) is 1. The SMILES string of the molecule is CC1(C)OB(c2ccc(CC(N=C(c3ccccc3)c3ccccc3)C(=O)O)c3nccnc23)OC1(C)C. The van der Waals surface area contributed by atoms with Crippen LogP contribution in [0.5, 0.6) is 0 Å². The lowest BCUT2D eigenvalue weighted by Gasteiger charge is -2.32. The largest absolute Gasteiger partial charge is 0.497 e. The molecule has 0 amide bonds. The van der Waals surface area contributed by atoms with Crippen molar-refractivity contribution in [2.45, 2.75) is 51.4 Å². The maximum Gasteiger partial charge on any atom is 0.497 e. The fourth-order valence-corrected chi connectivity index (χ4v) is 4.52. The Morgan fingerprint density at radius 3 is 1.89 bits per heavy atom. The maximum absolute atomic E-state index is 12.5. The van der Waals surface area contributed by atoms with Crippen molar-refractivity contribution < 1.29 is 19.2 Å². The Labute approximate surface area is 222 Å². The van der Waals surface area contributed by atoms with E-state index in [-0.39, 0.29) is 6.42 Å². The Balaban J connectivity index is 1.55. The second kappa shape index (κ2) is 10.1. The molecule has 3 aromatic carbocycles. The average Bonchev–Trinajstić information content (AvgIpc) is 3.13. The van der Waals surface area contributed by atoms with Crippen molar-refractivity contribution in [2.24, 2.45) is 4.99 Å². The molecular formula is C30H30BN3O4. The van der Waals surface area contributed by atoms with E-state index in [9.17, 15) is 9.90 Å². The maximum atomic E-state index is 12.5.